The fourth-order valence-corrected chi connectivity index (χ4v) is 1.38. The monoisotopic (exact) mass is 378 g/mol. The largest absolute Gasteiger partial charge is 0.325 e. The molecule has 8 nitrogen and oxygen atoms in total. The highest BCUT2D eigenvalue weighted by Crippen LogP contribution is 1.87. The van der Waals surface area contributed by atoms with Gasteiger partial charge in [-0.3, -0.25) is 19.6 Å². The quantitative estimate of drug-likeness (QED) is 0.489. The van der Waals surface area contributed by atoms with Crippen molar-refractivity contribution in [1.29, 1.82) is 0 Å². The van der Waals surface area contributed by atoms with E-state index in [0.29, 0.717) is 15.6 Å². The molecule has 2 aromatic heterocycles. The Morgan fingerprint density at radius 2 is 1.47 bits per heavy atom. The van der Waals surface area contributed by atoms with Gasteiger partial charge in [0, 0.05) is 18.0 Å². The molecule has 0 unspecified atom stereocenters. The van der Waals surface area contributed by atoms with Crippen molar-refractivity contribution in [2.24, 2.45) is 0 Å². The Balaban J connectivity index is 0.000000191. The van der Waals surface area contributed by atoms with Gasteiger partial charge < -0.3 is 9.97 Å². The number of hydrogen-bond acceptors (Lipinski definition) is 4. The lowest BCUT2D eigenvalue weighted by Crippen LogP contribution is -2.23. The molecule has 9 heteroatoms. The summed E-state index contributed by atoms with van der Waals surface area (Å²) in [6.07, 6.45) is 3.43. The van der Waals surface area contributed by atoms with Crippen LogP contribution in [0.25, 0.3) is 0 Å². The molecule has 0 bridgehead atoms. The molecule has 0 saturated carbocycles. The minimum atomic E-state index is -0.472. The lowest BCUT2D eigenvalue weighted by atomic mass is 10.3. The van der Waals surface area contributed by atoms with Crippen molar-refractivity contribution >= 4 is 22.6 Å². The van der Waals surface area contributed by atoms with Crippen molar-refractivity contribution in [2.45, 2.75) is 13.3 Å². The molecule has 0 aliphatic rings. The fourth-order valence-electron chi connectivity index (χ4n) is 1.09. The van der Waals surface area contributed by atoms with Crippen LogP contribution in [0.5, 0.6) is 0 Å². The molecule has 0 atom stereocenters. The van der Waals surface area contributed by atoms with Crippen LogP contribution in [-0.4, -0.2) is 19.9 Å². The Bertz CT molecular complexity index is 770. The zero-order valence-electron chi connectivity index (χ0n) is 9.87. The van der Waals surface area contributed by atoms with Gasteiger partial charge in [-0.2, -0.15) is 0 Å². The molecule has 0 aliphatic carbocycles. The van der Waals surface area contributed by atoms with Gasteiger partial charge in [0.15, 0.2) is 0 Å². The van der Waals surface area contributed by atoms with Crippen LogP contribution in [0, 0.1) is 3.57 Å². The number of aromatic amines is 4. The Morgan fingerprint density at radius 3 is 1.89 bits per heavy atom. The number of halogens is 1. The van der Waals surface area contributed by atoms with E-state index in [4.69, 9.17) is 0 Å². The van der Waals surface area contributed by atoms with Crippen molar-refractivity contribution in [1.82, 2.24) is 19.9 Å². The van der Waals surface area contributed by atoms with Crippen LogP contribution in [0.15, 0.2) is 31.6 Å². The van der Waals surface area contributed by atoms with E-state index in [9.17, 15) is 19.2 Å². The molecule has 2 heterocycles. The third-order valence-corrected chi connectivity index (χ3v) is 2.85. The smallest absolute Gasteiger partial charge is 0.314 e. The van der Waals surface area contributed by atoms with Gasteiger partial charge in [-0.25, -0.2) is 9.59 Å². The van der Waals surface area contributed by atoms with Crippen molar-refractivity contribution in [3.05, 3.63) is 63.2 Å². The summed E-state index contributed by atoms with van der Waals surface area (Å²) in [6, 6.07) is 0. The molecule has 0 aromatic carbocycles. The van der Waals surface area contributed by atoms with E-state index >= 15 is 0 Å². The molecule has 0 aliphatic heterocycles. The Kier molecular flexibility index (Phi) is 5.48. The SMILES string of the molecule is CCc1c[nH]c(=O)[nH]c1=O.O=c1[nH]cc(I)c(=O)[nH]1. The van der Waals surface area contributed by atoms with Crippen molar-refractivity contribution in [3.8, 4) is 0 Å². The predicted octanol–water partition coefficient (Wildman–Crippen LogP) is -0.707. The first kappa shape index (κ1) is 15.1. The fraction of sp³-hybridized carbons (Fsp3) is 0.200. The molecular formula is C10H11IN4O4. The van der Waals surface area contributed by atoms with E-state index < -0.39 is 11.4 Å². The number of H-pyrrole nitrogens is 4. The standard InChI is InChI=1S/C6H8N2O2.C4H3IN2O2/c1-2-4-3-7-6(10)8-5(4)9;5-2-1-6-4(9)7-3(2)8/h3H,2H2,1H3,(H2,7,8,9,10);1H,(H2,6,7,8,9). The summed E-state index contributed by atoms with van der Waals surface area (Å²) in [7, 11) is 0. The van der Waals surface area contributed by atoms with E-state index in [2.05, 4.69) is 19.9 Å². The molecule has 102 valence electrons. The van der Waals surface area contributed by atoms with E-state index in [1.54, 1.807) is 0 Å². The maximum absolute atomic E-state index is 10.8. The lowest BCUT2D eigenvalue weighted by Gasteiger charge is -1.89. The summed E-state index contributed by atoms with van der Waals surface area (Å²) in [5, 5.41) is 0. The molecule has 0 amide bonds. The summed E-state index contributed by atoms with van der Waals surface area (Å²) in [6.45, 7) is 1.85. The van der Waals surface area contributed by atoms with E-state index in [1.165, 1.54) is 12.4 Å². The zero-order valence-corrected chi connectivity index (χ0v) is 12.0. The van der Waals surface area contributed by atoms with Crippen LogP contribution in [-0.2, 0) is 6.42 Å². The van der Waals surface area contributed by atoms with Crippen LogP contribution in [0.4, 0.5) is 0 Å². The first-order valence-electron chi connectivity index (χ1n) is 5.22. The second-order valence-electron chi connectivity index (χ2n) is 3.37. The maximum Gasteiger partial charge on any atom is 0.325 e. The van der Waals surface area contributed by atoms with Gasteiger partial charge in [0.05, 0.1) is 3.57 Å². The zero-order chi connectivity index (χ0) is 14.4. The van der Waals surface area contributed by atoms with E-state index in [0.717, 1.165) is 0 Å². The Morgan fingerprint density at radius 1 is 0.947 bits per heavy atom. The molecule has 0 radical (unpaired) electrons. The molecule has 2 aromatic rings. The molecule has 2 rings (SSSR count). The van der Waals surface area contributed by atoms with Crippen LogP contribution >= 0.6 is 22.6 Å². The van der Waals surface area contributed by atoms with Crippen LogP contribution < -0.4 is 22.5 Å². The average Bonchev–Trinajstić information content (AvgIpc) is 2.35. The van der Waals surface area contributed by atoms with Crippen molar-refractivity contribution in [3.63, 3.8) is 0 Å². The predicted molar refractivity (Wildman–Crippen MR) is 77.5 cm³/mol. The van der Waals surface area contributed by atoms with Crippen molar-refractivity contribution in [2.75, 3.05) is 0 Å². The minimum absolute atomic E-state index is 0.300. The normalized spacial score (nSPS) is 9.58. The molecule has 0 spiro atoms. The van der Waals surface area contributed by atoms with Gasteiger partial charge in [0.25, 0.3) is 11.1 Å². The minimum Gasteiger partial charge on any atom is -0.314 e. The third-order valence-electron chi connectivity index (χ3n) is 2.05. The third kappa shape index (κ3) is 4.69. The number of aryl methyl sites for hydroxylation is 1. The topological polar surface area (TPSA) is 131 Å². The van der Waals surface area contributed by atoms with Gasteiger partial charge in [0.2, 0.25) is 0 Å². The second kappa shape index (κ2) is 6.87. The first-order valence-corrected chi connectivity index (χ1v) is 6.30. The molecule has 4 N–H and O–H groups in total. The van der Waals surface area contributed by atoms with Gasteiger partial charge in [-0.15, -0.1) is 0 Å². The van der Waals surface area contributed by atoms with Crippen LogP contribution in [0.2, 0.25) is 0 Å². The number of hydrogen-bond donors (Lipinski definition) is 4. The highest BCUT2D eigenvalue weighted by atomic mass is 127. The van der Waals surface area contributed by atoms with E-state index in [1.807, 2.05) is 29.5 Å². The highest BCUT2D eigenvalue weighted by molar-refractivity contribution is 14.1. The van der Waals surface area contributed by atoms with Gasteiger partial charge in [0.1, 0.15) is 0 Å². The van der Waals surface area contributed by atoms with Crippen molar-refractivity contribution < 1.29 is 0 Å². The molecule has 0 saturated heterocycles. The van der Waals surface area contributed by atoms with Crippen LogP contribution in [0.3, 0.4) is 0 Å². The Hall–Kier alpha value is -1.91. The molecule has 19 heavy (non-hydrogen) atoms. The highest BCUT2D eigenvalue weighted by Gasteiger charge is 1.94. The molecular weight excluding hydrogens is 367 g/mol. The summed E-state index contributed by atoms with van der Waals surface area (Å²) in [5.41, 5.74) is -0.979. The van der Waals surface area contributed by atoms with E-state index in [-0.39, 0.29) is 11.1 Å². The summed E-state index contributed by atoms with van der Waals surface area (Å²) in [4.78, 5) is 51.0. The van der Waals surface area contributed by atoms with Crippen LogP contribution in [0.1, 0.15) is 12.5 Å². The first-order chi connectivity index (χ1) is 8.93. The maximum atomic E-state index is 10.8. The number of nitrogens with one attached hydrogen (secondary N) is 4. The average molecular weight is 378 g/mol. The number of rotatable bonds is 1. The number of aromatic nitrogens is 4. The molecule has 0 fully saturated rings. The second-order valence-corrected chi connectivity index (χ2v) is 4.53. The Labute approximate surface area is 119 Å². The summed E-state index contributed by atoms with van der Waals surface area (Å²) < 4.78 is 0.479. The van der Waals surface area contributed by atoms with Gasteiger partial charge >= 0.3 is 11.4 Å². The summed E-state index contributed by atoms with van der Waals surface area (Å²) in [5.74, 6) is 0. The lowest BCUT2D eigenvalue weighted by molar-refractivity contribution is 0.960. The van der Waals surface area contributed by atoms with Gasteiger partial charge in [-0.1, -0.05) is 6.92 Å². The summed E-state index contributed by atoms with van der Waals surface area (Å²) >= 11 is 1.83. The van der Waals surface area contributed by atoms with Gasteiger partial charge in [-0.05, 0) is 29.0 Å².